The van der Waals surface area contributed by atoms with Gasteiger partial charge in [0.15, 0.2) is 5.16 Å². The molecule has 3 aromatic rings. The van der Waals surface area contributed by atoms with Gasteiger partial charge in [-0.2, -0.15) is 0 Å². The third-order valence-electron chi connectivity index (χ3n) is 4.87. The number of nitrogens with one attached hydrogen (secondary N) is 2. The molecule has 27 heavy (non-hydrogen) atoms. The minimum atomic E-state index is -0.143. The van der Waals surface area contributed by atoms with Gasteiger partial charge in [0.2, 0.25) is 5.91 Å². The van der Waals surface area contributed by atoms with Gasteiger partial charge in [-0.05, 0) is 26.0 Å². The lowest BCUT2D eigenvalue weighted by Crippen LogP contribution is -2.32. The zero-order chi connectivity index (χ0) is 19.0. The number of amides is 1. The fourth-order valence-corrected chi connectivity index (χ4v) is 4.43. The number of hydrogen-bond acceptors (Lipinski definition) is 5. The first-order valence-corrected chi connectivity index (χ1v) is 9.94. The summed E-state index contributed by atoms with van der Waals surface area (Å²) in [6, 6.07) is 7.71. The van der Waals surface area contributed by atoms with Crippen molar-refractivity contribution in [2.45, 2.75) is 37.9 Å². The largest absolute Gasteiger partial charge is 0.356 e. The van der Waals surface area contributed by atoms with Crippen molar-refractivity contribution in [1.82, 2.24) is 24.8 Å². The Bertz CT molecular complexity index is 1040. The number of hydrogen-bond donors (Lipinski definition) is 2. The van der Waals surface area contributed by atoms with Crippen LogP contribution in [0.1, 0.15) is 29.5 Å². The molecule has 4 rings (SSSR count). The number of fused-ring (bicyclic) bond motifs is 2. The number of nitrogens with zero attached hydrogens (tertiary/aromatic N) is 3. The molecule has 0 spiro atoms. The molecule has 1 aromatic carbocycles. The number of H-pyrrole nitrogens is 1. The number of imidazole rings is 1. The Balaban J connectivity index is 1.36. The van der Waals surface area contributed by atoms with E-state index in [-0.39, 0.29) is 23.9 Å². The van der Waals surface area contributed by atoms with Gasteiger partial charge in [0.1, 0.15) is 5.82 Å². The highest BCUT2D eigenvalue weighted by Crippen LogP contribution is 2.32. The van der Waals surface area contributed by atoms with Crippen molar-refractivity contribution in [3.8, 4) is 0 Å². The van der Waals surface area contributed by atoms with Crippen LogP contribution in [0.4, 0.5) is 0 Å². The molecule has 1 unspecified atom stereocenters. The Hall–Kier alpha value is -2.61. The number of para-hydroxylation sites is 2. The van der Waals surface area contributed by atoms with Crippen LogP contribution in [0, 0.1) is 13.8 Å². The lowest BCUT2D eigenvalue weighted by Gasteiger charge is -2.14. The SMILES string of the molecule is Cc1nc2n(c(=O)c1C)C(CC(=O)NCCc1nc3ccccc3[nH]1)CS2. The summed E-state index contributed by atoms with van der Waals surface area (Å²) < 4.78 is 1.67. The van der Waals surface area contributed by atoms with Crippen molar-refractivity contribution in [2.75, 3.05) is 12.3 Å². The number of aromatic nitrogens is 4. The highest BCUT2D eigenvalue weighted by Gasteiger charge is 2.28. The number of carbonyl (C=O) groups is 1. The van der Waals surface area contributed by atoms with E-state index >= 15 is 0 Å². The lowest BCUT2D eigenvalue weighted by atomic mass is 10.2. The Kier molecular flexibility index (Phi) is 4.73. The van der Waals surface area contributed by atoms with E-state index in [9.17, 15) is 9.59 Å². The number of rotatable bonds is 5. The Morgan fingerprint density at radius 1 is 1.33 bits per heavy atom. The molecule has 0 bridgehead atoms. The van der Waals surface area contributed by atoms with E-state index in [1.165, 1.54) is 11.8 Å². The molecule has 2 N–H and O–H groups in total. The van der Waals surface area contributed by atoms with Crippen LogP contribution in [0.3, 0.4) is 0 Å². The molecular formula is C19H21N5O2S. The van der Waals surface area contributed by atoms with Crippen molar-refractivity contribution < 1.29 is 4.79 Å². The smallest absolute Gasteiger partial charge is 0.257 e. The fraction of sp³-hybridized carbons (Fsp3) is 0.368. The third-order valence-corrected chi connectivity index (χ3v) is 5.96. The zero-order valence-corrected chi connectivity index (χ0v) is 16.1. The molecule has 1 amide bonds. The number of aromatic amines is 1. The molecule has 0 aliphatic carbocycles. The summed E-state index contributed by atoms with van der Waals surface area (Å²) in [4.78, 5) is 37.1. The van der Waals surface area contributed by atoms with Gasteiger partial charge in [-0.1, -0.05) is 23.9 Å². The van der Waals surface area contributed by atoms with E-state index in [0.717, 1.165) is 22.6 Å². The molecule has 140 valence electrons. The Labute approximate surface area is 160 Å². The summed E-state index contributed by atoms with van der Waals surface area (Å²) in [6.45, 7) is 4.13. The minimum Gasteiger partial charge on any atom is -0.356 e. The molecule has 0 saturated carbocycles. The van der Waals surface area contributed by atoms with Crippen LogP contribution in [-0.2, 0) is 11.2 Å². The summed E-state index contributed by atoms with van der Waals surface area (Å²) in [5, 5.41) is 3.65. The van der Waals surface area contributed by atoms with Crippen LogP contribution in [-0.4, -0.2) is 37.7 Å². The van der Waals surface area contributed by atoms with Crippen molar-refractivity contribution in [3.63, 3.8) is 0 Å². The maximum absolute atomic E-state index is 12.5. The number of thioether (sulfide) groups is 1. The fourth-order valence-electron chi connectivity index (χ4n) is 3.25. The van der Waals surface area contributed by atoms with Gasteiger partial charge in [0, 0.05) is 36.4 Å². The van der Waals surface area contributed by atoms with E-state index in [0.29, 0.717) is 29.4 Å². The highest BCUT2D eigenvalue weighted by molar-refractivity contribution is 7.99. The number of carbonyl (C=O) groups excluding carboxylic acids is 1. The average molecular weight is 383 g/mol. The maximum atomic E-state index is 12.5. The topological polar surface area (TPSA) is 92.7 Å². The van der Waals surface area contributed by atoms with Gasteiger partial charge in [0.05, 0.1) is 17.1 Å². The van der Waals surface area contributed by atoms with Crippen LogP contribution in [0.15, 0.2) is 34.2 Å². The summed E-state index contributed by atoms with van der Waals surface area (Å²) in [5.74, 6) is 1.49. The van der Waals surface area contributed by atoms with Gasteiger partial charge in [-0.3, -0.25) is 14.2 Å². The first-order chi connectivity index (χ1) is 13.0. The summed E-state index contributed by atoms with van der Waals surface area (Å²) in [6.07, 6.45) is 0.917. The maximum Gasteiger partial charge on any atom is 0.257 e. The van der Waals surface area contributed by atoms with E-state index < -0.39 is 0 Å². The normalized spacial score (nSPS) is 15.9. The third kappa shape index (κ3) is 3.49. The molecule has 2 aromatic heterocycles. The number of aryl methyl sites for hydroxylation is 1. The molecular weight excluding hydrogens is 362 g/mol. The second kappa shape index (κ2) is 7.19. The molecule has 0 fully saturated rings. The quantitative estimate of drug-likeness (QED) is 0.659. The molecule has 1 atom stereocenters. The van der Waals surface area contributed by atoms with Crippen LogP contribution in [0.5, 0.6) is 0 Å². The Morgan fingerprint density at radius 2 is 2.15 bits per heavy atom. The second-order valence-corrected chi connectivity index (χ2v) is 7.74. The van der Waals surface area contributed by atoms with Crippen molar-refractivity contribution in [3.05, 3.63) is 51.7 Å². The Morgan fingerprint density at radius 3 is 2.96 bits per heavy atom. The van der Waals surface area contributed by atoms with Gasteiger partial charge < -0.3 is 10.3 Å². The van der Waals surface area contributed by atoms with Crippen molar-refractivity contribution >= 4 is 28.7 Å². The molecule has 7 nitrogen and oxygen atoms in total. The van der Waals surface area contributed by atoms with Crippen LogP contribution >= 0.6 is 11.8 Å². The first kappa shape index (κ1) is 17.8. The van der Waals surface area contributed by atoms with Gasteiger partial charge in [0.25, 0.3) is 5.56 Å². The molecule has 1 aliphatic rings. The molecule has 8 heteroatoms. The summed E-state index contributed by atoms with van der Waals surface area (Å²) in [7, 11) is 0. The standard InChI is InChI=1S/C19H21N5O2S/c1-11-12(2)21-19-24(18(11)26)13(10-27-19)9-17(25)20-8-7-16-22-14-5-3-4-6-15(14)23-16/h3-6,13H,7-10H2,1-2H3,(H,20,25)(H,22,23). The highest BCUT2D eigenvalue weighted by atomic mass is 32.2. The van der Waals surface area contributed by atoms with E-state index in [4.69, 9.17) is 0 Å². The van der Waals surface area contributed by atoms with Crippen molar-refractivity contribution in [2.24, 2.45) is 0 Å². The van der Waals surface area contributed by atoms with Crippen molar-refractivity contribution in [1.29, 1.82) is 0 Å². The predicted molar refractivity (Wildman–Crippen MR) is 105 cm³/mol. The summed E-state index contributed by atoms with van der Waals surface area (Å²) >= 11 is 1.53. The van der Waals surface area contributed by atoms with Gasteiger partial charge in [-0.25, -0.2) is 9.97 Å². The number of benzene rings is 1. The van der Waals surface area contributed by atoms with Gasteiger partial charge in [-0.15, -0.1) is 0 Å². The zero-order valence-electron chi connectivity index (χ0n) is 15.3. The van der Waals surface area contributed by atoms with Crippen LogP contribution in [0.25, 0.3) is 11.0 Å². The van der Waals surface area contributed by atoms with Crippen LogP contribution < -0.4 is 10.9 Å². The molecule has 0 saturated heterocycles. The monoisotopic (exact) mass is 383 g/mol. The first-order valence-electron chi connectivity index (χ1n) is 8.96. The summed E-state index contributed by atoms with van der Waals surface area (Å²) in [5.41, 5.74) is 3.29. The molecule has 1 aliphatic heterocycles. The van der Waals surface area contributed by atoms with E-state index in [1.54, 1.807) is 11.5 Å². The average Bonchev–Trinajstić information content (AvgIpc) is 3.23. The van der Waals surface area contributed by atoms with E-state index in [2.05, 4.69) is 20.3 Å². The van der Waals surface area contributed by atoms with Gasteiger partial charge >= 0.3 is 0 Å². The molecule has 0 radical (unpaired) electrons. The minimum absolute atomic E-state index is 0.0393. The lowest BCUT2D eigenvalue weighted by molar-refractivity contribution is -0.121. The molecule has 3 heterocycles. The van der Waals surface area contributed by atoms with Crippen LogP contribution in [0.2, 0.25) is 0 Å². The predicted octanol–water partition coefficient (Wildman–Crippen LogP) is 2.13. The van der Waals surface area contributed by atoms with E-state index in [1.807, 2.05) is 31.2 Å². The second-order valence-electron chi connectivity index (χ2n) is 6.75.